The number of nitrogens with zero attached hydrogens (tertiary/aromatic N) is 2. The van der Waals surface area contributed by atoms with Gasteiger partial charge in [0, 0.05) is 24.8 Å². The van der Waals surface area contributed by atoms with Crippen molar-refractivity contribution in [3.05, 3.63) is 53.0 Å². The van der Waals surface area contributed by atoms with Crippen LogP contribution in [0.25, 0.3) is 0 Å². The van der Waals surface area contributed by atoms with E-state index >= 15 is 0 Å². The maximum Gasteiger partial charge on any atom is 0.257 e. The molecule has 2 rings (SSSR count). The number of halogens is 2. The molecule has 0 bridgehead atoms. The highest BCUT2D eigenvalue weighted by molar-refractivity contribution is 5.94. The Morgan fingerprint density at radius 2 is 1.82 bits per heavy atom. The predicted molar refractivity (Wildman–Crippen MR) is 78.7 cm³/mol. The number of rotatable bonds is 5. The van der Waals surface area contributed by atoms with Gasteiger partial charge in [-0.2, -0.15) is 0 Å². The first-order chi connectivity index (χ1) is 10.5. The van der Waals surface area contributed by atoms with E-state index in [0.717, 1.165) is 17.8 Å². The fourth-order valence-corrected chi connectivity index (χ4v) is 1.98. The van der Waals surface area contributed by atoms with Crippen LogP contribution in [0.3, 0.4) is 0 Å². The summed E-state index contributed by atoms with van der Waals surface area (Å²) in [6, 6.07) is 5.07. The third-order valence-electron chi connectivity index (χ3n) is 2.87. The summed E-state index contributed by atoms with van der Waals surface area (Å²) in [4.78, 5) is 20.1. The maximum absolute atomic E-state index is 13.4. The minimum absolute atomic E-state index is 0.203. The first-order valence-corrected chi connectivity index (χ1v) is 6.75. The van der Waals surface area contributed by atoms with Crippen LogP contribution < -0.4 is 10.6 Å². The number of hydrogen-bond acceptors (Lipinski definition) is 4. The predicted octanol–water partition coefficient (Wildman–Crippen LogP) is 2.21. The molecule has 0 aliphatic rings. The van der Waals surface area contributed by atoms with E-state index in [-0.39, 0.29) is 6.54 Å². The third kappa shape index (κ3) is 3.97. The first kappa shape index (κ1) is 15.8. The Morgan fingerprint density at radius 1 is 1.14 bits per heavy atom. The minimum atomic E-state index is -0.882. The molecule has 5 nitrogen and oxygen atoms in total. The van der Waals surface area contributed by atoms with Gasteiger partial charge in [0.15, 0.2) is 0 Å². The highest BCUT2D eigenvalue weighted by Gasteiger charge is 2.16. The molecule has 22 heavy (non-hydrogen) atoms. The Hall–Kier alpha value is -2.57. The summed E-state index contributed by atoms with van der Waals surface area (Å²) < 4.78 is 26.9. The minimum Gasteiger partial charge on any atom is -0.368 e. The van der Waals surface area contributed by atoms with Crippen LogP contribution in [-0.2, 0) is 0 Å². The standard InChI is InChI=1S/C15H16F2N4O/c1-9-8-13(21-10(2)20-9)18-6-7-19-15(22)14-11(16)4-3-5-12(14)17/h3-5,8H,6-7H2,1-2H3,(H,19,22)(H,18,20,21). The largest absolute Gasteiger partial charge is 0.368 e. The maximum atomic E-state index is 13.4. The van der Waals surface area contributed by atoms with Crippen LogP contribution >= 0.6 is 0 Å². The number of aromatic nitrogens is 2. The lowest BCUT2D eigenvalue weighted by Gasteiger charge is -2.09. The number of anilines is 1. The normalized spacial score (nSPS) is 10.4. The molecule has 1 aromatic heterocycles. The average molecular weight is 306 g/mol. The van der Waals surface area contributed by atoms with E-state index in [2.05, 4.69) is 20.6 Å². The van der Waals surface area contributed by atoms with E-state index in [4.69, 9.17) is 0 Å². The molecule has 0 aliphatic heterocycles. The SMILES string of the molecule is Cc1cc(NCCNC(=O)c2c(F)cccc2F)nc(C)n1. The van der Waals surface area contributed by atoms with Crippen molar-refractivity contribution in [2.45, 2.75) is 13.8 Å². The molecule has 2 aromatic rings. The van der Waals surface area contributed by atoms with Gasteiger partial charge in [-0.25, -0.2) is 18.7 Å². The van der Waals surface area contributed by atoms with Crippen LogP contribution in [0.4, 0.5) is 14.6 Å². The van der Waals surface area contributed by atoms with Crippen molar-refractivity contribution in [3.8, 4) is 0 Å². The summed E-state index contributed by atoms with van der Waals surface area (Å²) in [7, 11) is 0. The number of carbonyl (C=O) groups is 1. The topological polar surface area (TPSA) is 66.9 Å². The van der Waals surface area contributed by atoms with Gasteiger partial charge in [0.05, 0.1) is 0 Å². The zero-order chi connectivity index (χ0) is 16.1. The van der Waals surface area contributed by atoms with Crippen LogP contribution in [0.15, 0.2) is 24.3 Å². The van der Waals surface area contributed by atoms with Gasteiger partial charge in [0.1, 0.15) is 28.8 Å². The molecule has 0 saturated carbocycles. The molecule has 7 heteroatoms. The summed E-state index contributed by atoms with van der Waals surface area (Å²) in [6.07, 6.45) is 0. The fourth-order valence-electron chi connectivity index (χ4n) is 1.98. The van der Waals surface area contributed by atoms with E-state index in [1.54, 1.807) is 13.0 Å². The van der Waals surface area contributed by atoms with Gasteiger partial charge in [0.2, 0.25) is 0 Å². The van der Waals surface area contributed by atoms with Crippen LogP contribution in [0.1, 0.15) is 21.9 Å². The number of hydrogen-bond donors (Lipinski definition) is 2. The van der Waals surface area contributed by atoms with Gasteiger partial charge in [-0.1, -0.05) is 6.07 Å². The van der Waals surface area contributed by atoms with Crippen LogP contribution in [0, 0.1) is 25.5 Å². The number of aryl methyl sites for hydroxylation is 2. The zero-order valence-electron chi connectivity index (χ0n) is 12.3. The average Bonchev–Trinajstić information content (AvgIpc) is 2.42. The van der Waals surface area contributed by atoms with Gasteiger partial charge >= 0.3 is 0 Å². The Labute approximate surface area is 126 Å². The fraction of sp³-hybridized carbons (Fsp3) is 0.267. The van der Waals surface area contributed by atoms with Gasteiger partial charge < -0.3 is 10.6 Å². The molecule has 1 amide bonds. The summed E-state index contributed by atoms with van der Waals surface area (Å²) >= 11 is 0. The van der Waals surface area contributed by atoms with E-state index in [1.165, 1.54) is 6.07 Å². The van der Waals surface area contributed by atoms with Crippen molar-refractivity contribution >= 4 is 11.7 Å². The molecule has 0 aliphatic carbocycles. The lowest BCUT2D eigenvalue weighted by Crippen LogP contribution is -2.30. The van der Waals surface area contributed by atoms with E-state index in [1.807, 2.05) is 6.92 Å². The second-order valence-electron chi connectivity index (χ2n) is 4.72. The van der Waals surface area contributed by atoms with E-state index in [9.17, 15) is 13.6 Å². The molecular weight excluding hydrogens is 290 g/mol. The Bertz CT molecular complexity index is 651. The van der Waals surface area contributed by atoms with Crippen LogP contribution in [-0.4, -0.2) is 29.0 Å². The molecule has 0 unspecified atom stereocenters. The van der Waals surface area contributed by atoms with Gasteiger partial charge in [-0.05, 0) is 26.0 Å². The van der Waals surface area contributed by atoms with Crippen molar-refractivity contribution in [3.63, 3.8) is 0 Å². The molecule has 1 aromatic carbocycles. The summed E-state index contributed by atoms with van der Waals surface area (Å²) in [5.74, 6) is -1.27. The summed E-state index contributed by atoms with van der Waals surface area (Å²) in [5, 5.41) is 5.46. The molecule has 2 N–H and O–H groups in total. The molecule has 0 radical (unpaired) electrons. The monoisotopic (exact) mass is 306 g/mol. The second kappa shape index (κ2) is 6.93. The molecule has 1 heterocycles. The summed E-state index contributed by atoms with van der Waals surface area (Å²) in [5.41, 5.74) is 0.253. The lowest BCUT2D eigenvalue weighted by molar-refractivity contribution is 0.0946. The molecule has 0 spiro atoms. The molecule has 116 valence electrons. The molecule has 0 atom stereocenters. The van der Waals surface area contributed by atoms with Gasteiger partial charge in [-0.3, -0.25) is 4.79 Å². The zero-order valence-corrected chi connectivity index (χ0v) is 12.3. The number of nitrogens with one attached hydrogen (secondary N) is 2. The van der Waals surface area contributed by atoms with Crippen molar-refractivity contribution in [2.75, 3.05) is 18.4 Å². The first-order valence-electron chi connectivity index (χ1n) is 6.75. The number of amides is 1. The highest BCUT2D eigenvalue weighted by atomic mass is 19.1. The van der Waals surface area contributed by atoms with Crippen LogP contribution in [0.2, 0.25) is 0 Å². The van der Waals surface area contributed by atoms with E-state index < -0.39 is 23.1 Å². The van der Waals surface area contributed by atoms with Crippen molar-refractivity contribution in [1.82, 2.24) is 15.3 Å². The lowest BCUT2D eigenvalue weighted by atomic mass is 10.2. The molecule has 0 fully saturated rings. The van der Waals surface area contributed by atoms with Crippen LogP contribution in [0.5, 0.6) is 0 Å². The highest BCUT2D eigenvalue weighted by Crippen LogP contribution is 2.11. The van der Waals surface area contributed by atoms with E-state index in [0.29, 0.717) is 18.2 Å². The van der Waals surface area contributed by atoms with Gasteiger partial charge in [-0.15, -0.1) is 0 Å². The van der Waals surface area contributed by atoms with Gasteiger partial charge in [0.25, 0.3) is 5.91 Å². The molecular formula is C15H16F2N4O. The quantitative estimate of drug-likeness (QED) is 0.831. The number of benzene rings is 1. The van der Waals surface area contributed by atoms with Crippen molar-refractivity contribution in [1.29, 1.82) is 0 Å². The summed E-state index contributed by atoms with van der Waals surface area (Å²) in [6.45, 7) is 4.20. The smallest absolute Gasteiger partial charge is 0.257 e. The molecule has 0 saturated heterocycles. The third-order valence-corrected chi connectivity index (χ3v) is 2.87. The Kier molecular flexibility index (Phi) is 4.98. The number of carbonyl (C=O) groups excluding carboxylic acids is 1. The van der Waals surface area contributed by atoms with Crippen molar-refractivity contribution in [2.24, 2.45) is 0 Å². The van der Waals surface area contributed by atoms with Crippen molar-refractivity contribution < 1.29 is 13.6 Å². The Balaban J connectivity index is 1.87. The Morgan fingerprint density at radius 3 is 2.45 bits per heavy atom. The second-order valence-corrected chi connectivity index (χ2v) is 4.72.